The van der Waals surface area contributed by atoms with Crippen molar-refractivity contribution in [1.29, 1.82) is 0 Å². The molecule has 1 saturated heterocycles. The predicted molar refractivity (Wildman–Crippen MR) is 76.8 cm³/mol. The molecule has 1 aromatic carbocycles. The van der Waals surface area contributed by atoms with Gasteiger partial charge in [0.25, 0.3) is 0 Å². The quantitative estimate of drug-likeness (QED) is 0.883. The van der Waals surface area contributed by atoms with Gasteiger partial charge in [-0.3, -0.25) is 4.79 Å². The number of halogens is 2. The van der Waals surface area contributed by atoms with Crippen LogP contribution in [0.4, 0.5) is 5.69 Å². The van der Waals surface area contributed by atoms with Crippen molar-refractivity contribution in [2.75, 3.05) is 18.5 Å². The average Bonchev–Trinajstić information content (AvgIpc) is 2.40. The molecule has 2 rings (SSSR count). The van der Waals surface area contributed by atoms with Crippen molar-refractivity contribution >= 4 is 34.8 Å². The van der Waals surface area contributed by atoms with Crippen molar-refractivity contribution in [2.24, 2.45) is 5.73 Å². The molecule has 0 bridgehead atoms. The van der Waals surface area contributed by atoms with Gasteiger partial charge in [-0.15, -0.1) is 0 Å². The van der Waals surface area contributed by atoms with Crippen LogP contribution >= 0.6 is 23.2 Å². The van der Waals surface area contributed by atoms with Gasteiger partial charge in [0.1, 0.15) is 5.54 Å². The van der Waals surface area contributed by atoms with Crippen LogP contribution < -0.4 is 11.1 Å². The van der Waals surface area contributed by atoms with E-state index in [1.165, 1.54) is 0 Å². The van der Waals surface area contributed by atoms with E-state index in [0.717, 1.165) is 5.56 Å². The molecule has 1 aromatic rings. The van der Waals surface area contributed by atoms with Crippen LogP contribution in [0.5, 0.6) is 0 Å². The fourth-order valence-electron chi connectivity index (χ4n) is 1.97. The summed E-state index contributed by atoms with van der Waals surface area (Å²) in [5.41, 5.74) is 6.46. The van der Waals surface area contributed by atoms with Gasteiger partial charge >= 0.3 is 0 Å². The minimum absolute atomic E-state index is 0.273. The van der Waals surface area contributed by atoms with Crippen LogP contribution in [-0.2, 0) is 9.53 Å². The van der Waals surface area contributed by atoms with Crippen molar-refractivity contribution in [1.82, 2.24) is 0 Å². The van der Waals surface area contributed by atoms with Gasteiger partial charge in [-0.05, 0) is 31.4 Å². The van der Waals surface area contributed by atoms with E-state index < -0.39 is 5.54 Å². The number of nitrogens with one attached hydrogen (secondary N) is 1. The fraction of sp³-hybridized carbons (Fsp3) is 0.462. The topological polar surface area (TPSA) is 64.4 Å². The number of aryl methyl sites for hydroxylation is 1. The van der Waals surface area contributed by atoms with E-state index in [9.17, 15) is 4.79 Å². The zero-order valence-corrected chi connectivity index (χ0v) is 12.1. The first-order valence-electron chi connectivity index (χ1n) is 6.07. The number of rotatable bonds is 2. The maximum Gasteiger partial charge on any atom is 0.244 e. The molecular formula is C13H16Cl2N2O2. The number of ether oxygens (including phenoxy) is 1. The van der Waals surface area contributed by atoms with Crippen LogP contribution in [0.15, 0.2) is 12.1 Å². The Bertz CT molecular complexity index is 500. The first kappa shape index (κ1) is 14.6. The minimum atomic E-state index is -0.922. The van der Waals surface area contributed by atoms with E-state index in [0.29, 0.717) is 41.8 Å². The molecule has 0 unspecified atom stereocenters. The zero-order valence-electron chi connectivity index (χ0n) is 10.6. The van der Waals surface area contributed by atoms with Crippen LogP contribution in [0.1, 0.15) is 18.4 Å². The second-order valence-electron chi connectivity index (χ2n) is 4.78. The summed E-state index contributed by atoms with van der Waals surface area (Å²) >= 11 is 12.2. The summed E-state index contributed by atoms with van der Waals surface area (Å²) in [6.07, 6.45) is 0.972. The number of amides is 1. The predicted octanol–water partition coefficient (Wildman–Crippen LogP) is 2.75. The third kappa shape index (κ3) is 3.03. The van der Waals surface area contributed by atoms with Crippen molar-refractivity contribution in [3.05, 3.63) is 27.7 Å². The first-order chi connectivity index (χ1) is 8.94. The number of carbonyl (C=O) groups excluding carboxylic acids is 1. The standard InChI is InChI=1S/C13H16Cl2N2O2/c1-8-2-3-9(14)11(10(8)15)17-12(18)13(16)4-6-19-7-5-13/h2-3H,4-7,16H2,1H3,(H,17,18). The lowest BCUT2D eigenvalue weighted by atomic mass is 9.90. The van der Waals surface area contributed by atoms with Gasteiger partial charge in [-0.1, -0.05) is 29.3 Å². The number of carbonyl (C=O) groups is 1. The number of hydrogen-bond acceptors (Lipinski definition) is 3. The van der Waals surface area contributed by atoms with Crippen LogP contribution in [0, 0.1) is 6.92 Å². The second kappa shape index (κ2) is 5.67. The van der Waals surface area contributed by atoms with Gasteiger partial charge in [0.15, 0.2) is 0 Å². The minimum Gasteiger partial charge on any atom is -0.381 e. The molecule has 3 N–H and O–H groups in total. The molecule has 0 atom stereocenters. The molecule has 4 nitrogen and oxygen atoms in total. The Hall–Kier alpha value is -0.810. The van der Waals surface area contributed by atoms with Gasteiger partial charge in [0.05, 0.1) is 15.7 Å². The molecule has 1 aliphatic heterocycles. The largest absolute Gasteiger partial charge is 0.381 e. The Kier molecular flexibility index (Phi) is 4.36. The Morgan fingerprint density at radius 1 is 1.37 bits per heavy atom. The van der Waals surface area contributed by atoms with Crippen LogP contribution in [0.3, 0.4) is 0 Å². The molecule has 1 fully saturated rings. The molecule has 6 heteroatoms. The highest BCUT2D eigenvalue weighted by atomic mass is 35.5. The van der Waals surface area contributed by atoms with E-state index in [1.807, 2.05) is 6.92 Å². The molecule has 0 aromatic heterocycles. The van der Waals surface area contributed by atoms with Gasteiger partial charge in [0.2, 0.25) is 5.91 Å². The lowest BCUT2D eigenvalue weighted by Crippen LogP contribution is -2.54. The molecule has 104 valence electrons. The molecule has 0 radical (unpaired) electrons. The number of anilines is 1. The van der Waals surface area contributed by atoms with Crippen molar-refractivity contribution in [3.8, 4) is 0 Å². The summed E-state index contributed by atoms with van der Waals surface area (Å²) in [4.78, 5) is 12.3. The molecule has 1 aliphatic rings. The van der Waals surface area contributed by atoms with Gasteiger partial charge in [-0.25, -0.2) is 0 Å². The third-order valence-corrected chi connectivity index (χ3v) is 4.16. The van der Waals surface area contributed by atoms with Crippen molar-refractivity contribution in [2.45, 2.75) is 25.3 Å². The lowest BCUT2D eigenvalue weighted by molar-refractivity contribution is -0.124. The molecule has 0 saturated carbocycles. The third-order valence-electron chi connectivity index (χ3n) is 3.36. The maximum absolute atomic E-state index is 12.3. The summed E-state index contributed by atoms with van der Waals surface area (Å²) in [7, 11) is 0. The van der Waals surface area contributed by atoms with Gasteiger partial charge < -0.3 is 15.8 Å². The molecular weight excluding hydrogens is 287 g/mol. The Morgan fingerprint density at radius 2 is 2.00 bits per heavy atom. The number of benzene rings is 1. The average molecular weight is 303 g/mol. The Labute approximate surface area is 122 Å². The van der Waals surface area contributed by atoms with Crippen LogP contribution in [-0.4, -0.2) is 24.7 Å². The molecule has 19 heavy (non-hydrogen) atoms. The zero-order chi connectivity index (χ0) is 14.0. The van der Waals surface area contributed by atoms with E-state index in [1.54, 1.807) is 12.1 Å². The monoisotopic (exact) mass is 302 g/mol. The lowest BCUT2D eigenvalue weighted by Gasteiger charge is -2.32. The normalized spacial score (nSPS) is 18.1. The van der Waals surface area contributed by atoms with E-state index in [2.05, 4.69) is 5.32 Å². The molecule has 0 aliphatic carbocycles. The van der Waals surface area contributed by atoms with E-state index in [-0.39, 0.29) is 5.91 Å². The van der Waals surface area contributed by atoms with Crippen LogP contribution in [0.2, 0.25) is 10.0 Å². The molecule has 0 spiro atoms. The van der Waals surface area contributed by atoms with Crippen molar-refractivity contribution in [3.63, 3.8) is 0 Å². The van der Waals surface area contributed by atoms with E-state index in [4.69, 9.17) is 33.7 Å². The smallest absolute Gasteiger partial charge is 0.244 e. The molecule has 1 heterocycles. The highest BCUT2D eigenvalue weighted by Gasteiger charge is 2.36. The van der Waals surface area contributed by atoms with Gasteiger partial charge in [-0.2, -0.15) is 0 Å². The molecule has 1 amide bonds. The summed E-state index contributed by atoms with van der Waals surface area (Å²) in [6, 6.07) is 3.50. The fourth-order valence-corrected chi connectivity index (χ4v) is 2.44. The summed E-state index contributed by atoms with van der Waals surface area (Å²) < 4.78 is 5.22. The second-order valence-corrected chi connectivity index (χ2v) is 5.56. The van der Waals surface area contributed by atoms with Crippen molar-refractivity contribution < 1.29 is 9.53 Å². The summed E-state index contributed by atoms with van der Waals surface area (Å²) in [5, 5.41) is 3.59. The number of hydrogen-bond donors (Lipinski definition) is 2. The Morgan fingerprint density at radius 3 is 2.63 bits per heavy atom. The maximum atomic E-state index is 12.3. The summed E-state index contributed by atoms with van der Waals surface area (Å²) in [6.45, 7) is 2.82. The van der Waals surface area contributed by atoms with Gasteiger partial charge in [0, 0.05) is 13.2 Å². The summed E-state index contributed by atoms with van der Waals surface area (Å²) in [5.74, 6) is -0.273. The Balaban J connectivity index is 2.21. The van der Waals surface area contributed by atoms with Crippen LogP contribution in [0.25, 0.3) is 0 Å². The SMILES string of the molecule is Cc1ccc(Cl)c(NC(=O)C2(N)CCOCC2)c1Cl. The highest BCUT2D eigenvalue weighted by molar-refractivity contribution is 6.40. The number of nitrogens with two attached hydrogens (primary N) is 1. The first-order valence-corrected chi connectivity index (χ1v) is 6.82. The highest BCUT2D eigenvalue weighted by Crippen LogP contribution is 2.33. The van der Waals surface area contributed by atoms with E-state index >= 15 is 0 Å².